The predicted octanol–water partition coefficient (Wildman–Crippen LogP) is 8.91. The Labute approximate surface area is 233 Å². The highest BCUT2D eigenvalue weighted by Gasteiger charge is 2.52. The van der Waals surface area contributed by atoms with Gasteiger partial charge in [0.25, 0.3) is 0 Å². The maximum absolute atomic E-state index is 4.57. The van der Waals surface area contributed by atoms with Crippen molar-refractivity contribution in [2.75, 3.05) is 0 Å². The third kappa shape index (κ3) is 6.26. The van der Waals surface area contributed by atoms with Gasteiger partial charge in [0.15, 0.2) is 0 Å². The summed E-state index contributed by atoms with van der Waals surface area (Å²) in [7, 11) is -1.53. The third-order valence-corrected chi connectivity index (χ3v) is 14.2. The lowest BCUT2D eigenvalue weighted by molar-refractivity contribution is 0.444. The average molecular weight is 535 g/mol. The van der Waals surface area contributed by atoms with Gasteiger partial charge in [-0.1, -0.05) is 146 Å². The molecule has 0 nitrogen and oxygen atoms in total. The van der Waals surface area contributed by atoms with Crippen LogP contribution < -0.4 is 21.2 Å². The van der Waals surface area contributed by atoms with Gasteiger partial charge in [-0.05, 0) is 69.7 Å². The van der Waals surface area contributed by atoms with Gasteiger partial charge in [0.1, 0.15) is 0 Å². The van der Waals surface area contributed by atoms with E-state index in [2.05, 4.69) is 155 Å². The summed E-state index contributed by atoms with van der Waals surface area (Å²) in [6.07, 6.45) is 3.09. The van der Waals surface area contributed by atoms with E-state index < -0.39 is 15.8 Å². The molecule has 0 aliphatic rings. The summed E-state index contributed by atoms with van der Waals surface area (Å²) in [5.74, 6) is 0.440. The number of hydrogen-bond donors (Lipinski definition) is 0. The Morgan fingerprint density at radius 3 is 1.13 bits per heavy atom. The minimum Gasteiger partial charge on any atom is -0.100 e. The largest absolute Gasteiger partial charge is 0.100 e. The molecule has 4 aromatic rings. The first-order valence-electron chi connectivity index (χ1n) is 13.6. The maximum atomic E-state index is 4.57. The van der Waals surface area contributed by atoms with Crippen LogP contribution in [0.5, 0.6) is 0 Å². The average Bonchev–Trinajstić information content (AvgIpc) is 2.94. The molecule has 0 spiro atoms. The van der Waals surface area contributed by atoms with E-state index in [0.29, 0.717) is 5.92 Å². The van der Waals surface area contributed by atoms with Crippen LogP contribution in [0.25, 0.3) is 0 Å². The zero-order valence-corrected chi connectivity index (χ0v) is 24.8. The Hall–Kier alpha value is -2.78. The van der Waals surface area contributed by atoms with Gasteiger partial charge < -0.3 is 0 Å². The highest BCUT2D eigenvalue weighted by Crippen LogP contribution is 2.71. The van der Waals surface area contributed by atoms with E-state index in [4.69, 9.17) is 0 Å². The molecule has 0 aliphatic carbocycles. The number of allylic oxidation sites excluding steroid dienone is 2. The summed E-state index contributed by atoms with van der Waals surface area (Å²) in [4.78, 5) is -0.0599. The minimum absolute atomic E-state index is 0.0599. The van der Waals surface area contributed by atoms with E-state index in [0.717, 1.165) is 19.3 Å². The van der Waals surface area contributed by atoms with Gasteiger partial charge in [0.05, 0.1) is 0 Å². The van der Waals surface area contributed by atoms with E-state index in [1.807, 2.05) is 0 Å². The van der Waals surface area contributed by atoms with Crippen LogP contribution >= 0.6 is 15.8 Å². The van der Waals surface area contributed by atoms with Crippen LogP contribution in [0.2, 0.25) is 0 Å². The molecule has 2 heteroatoms. The lowest BCUT2D eigenvalue weighted by Crippen LogP contribution is -2.45. The summed E-state index contributed by atoms with van der Waals surface area (Å²) in [6, 6.07) is 45.2. The van der Waals surface area contributed by atoms with Crippen molar-refractivity contribution in [2.24, 2.45) is 5.92 Å². The summed E-state index contributed by atoms with van der Waals surface area (Å²) < 4.78 is 0. The second-order valence-electron chi connectivity index (χ2n) is 10.3. The Kier molecular flexibility index (Phi) is 9.91. The number of hydrogen-bond acceptors (Lipinski definition) is 0. The van der Waals surface area contributed by atoms with Gasteiger partial charge in [-0.25, -0.2) is 0 Å². The molecule has 0 aliphatic heterocycles. The molecule has 0 radical (unpaired) electrons. The standard InChI is InChI=1S/C36H40P2/c1-6-31(27-29(2)3)36(28-30(4)5,37(32-19-11-7-12-20-32)33-21-13-8-14-22-33)38(34-23-15-9-16-24-34)35-25-17-10-18-26-35/h7-26,31H,2,4,6,27-28H2,1,3,5H3. The molecular formula is C36H40P2. The minimum atomic E-state index is -0.767. The second-order valence-corrected chi connectivity index (χ2v) is 15.6. The van der Waals surface area contributed by atoms with Crippen LogP contribution in [0.1, 0.15) is 40.0 Å². The highest BCUT2D eigenvalue weighted by atomic mass is 31.2. The van der Waals surface area contributed by atoms with Gasteiger partial charge >= 0.3 is 0 Å². The molecule has 0 aromatic heterocycles. The number of rotatable bonds is 12. The van der Waals surface area contributed by atoms with Crippen molar-refractivity contribution in [2.45, 2.75) is 44.9 Å². The fourth-order valence-corrected chi connectivity index (χ4v) is 14.4. The fourth-order valence-electron chi connectivity index (χ4n) is 5.77. The molecule has 4 rings (SSSR count). The lowest BCUT2D eigenvalue weighted by atomic mass is 9.90. The predicted molar refractivity (Wildman–Crippen MR) is 174 cm³/mol. The molecule has 0 saturated heterocycles. The third-order valence-electron chi connectivity index (χ3n) is 7.14. The molecule has 0 amide bonds. The molecule has 0 heterocycles. The fraction of sp³-hybridized carbons (Fsp3) is 0.222. The van der Waals surface area contributed by atoms with Gasteiger partial charge in [-0.15, -0.1) is 13.2 Å². The van der Waals surface area contributed by atoms with Crippen LogP contribution in [0.4, 0.5) is 0 Å². The monoisotopic (exact) mass is 534 g/mol. The Balaban J connectivity index is 2.17. The van der Waals surface area contributed by atoms with Crippen molar-refractivity contribution >= 4 is 37.1 Å². The van der Waals surface area contributed by atoms with E-state index in [-0.39, 0.29) is 4.90 Å². The van der Waals surface area contributed by atoms with Crippen molar-refractivity contribution in [1.82, 2.24) is 0 Å². The van der Waals surface area contributed by atoms with Crippen LogP contribution in [-0.4, -0.2) is 4.90 Å². The topological polar surface area (TPSA) is 0 Å². The van der Waals surface area contributed by atoms with Crippen LogP contribution in [0.3, 0.4) is 0 Å². The van der Waals surface area contributed by atoms with Crippen LogP contribution in [0.15, 0.2) is 146 Å². The molecule has 0 fully saturated rings. The van der Waals surface area contributed by atoms with Gasteiger partial charge in [0.2, 0.25) is 0 Å². The van der Waals surface area contributed by atoms with Crippen LogP contribution in [-0.2, 0) is 0 Å². The van der Waals surface area contributed by atoms with Crippen molar-refractivity contribution in [3.63, 3.8) is 0 Å². The maximum Gasteiger partial charge on any atom is 0.0334 e. The first kappa shape index (κ1) is 28.2. The smallest absolute Gasteiger partial charge is 0.0334 e. The molecular weight excluding hydrogens is 494 g/mol. The summed E-state index contributed by atoms with van der Waals surface area (Å²) in [5.41, 5.74) is 2.51. The van der Waals surface area contributed by atoms with Crippen molar-refractivity contribution in [1.29, 1.82) is 0 Å². The summed E-state index contributed by atoms with van der Waals surface area (Å²) in [6.45, 7) is 15.8. The Morgan fingerprint density at radius 1 is 0.579 bits per heavy atom. The van der Waals surface area contributed by atoms with Gasteiger partial charge in [-0.3, -0.25) is 0 Å². The SMILES string of the molecule is C=C(C)CC(CC)C(CC(=C)C)(P(c1ccccc1)c1ccccc1)P(c1ccccc1)c1ccccc1. The van der Waals surface area contributed by atoms with Crippen molar-refractivity contribution < 1.29 is 0 Å². The second kappa shape index (κ2) is 13.3. The van der Waals surface area contributed by atoms with E-state index in [1.165, 1.54) is 32.4 Å². The van der Waals surface area contributed by atoms with Crippen LogP contribution in [0, 0.1) is 5.92 Å². The van der Waals surface area contributed by atoms with E-state index in [1.54, 1.807) is 0 Å². The summed E-state index contributed by atoms with van der Waals surface area (Å²) in [5, 5.41) is 5.76. The van der Waals surface area contributed by atoms with Crippen molar-refractivity contribution in [3.8, 4) is 0 Å². The van der Waals surface area contributed by atoms with Gasteiger partial charge in [-0.2, -0.15) is 0 Å². The quantitative estimate of drug-likeness (QED) is 0.126. The van der Waals surface area contributed by atoms with Crippen molar-refractivity contribution in [3.05, 3.63) is 146 Å². The molecule has 0 saturated carbocycles. The van der Waals surface area contributed by atoms with E-state index in [9.17, 15) is 0 Å². The zero-order valence-electron chi connectivity index (χ0n) is 23.1. The highest BCUT2D eigenvalue weighted by molar-refractivity contribution is 7.91. The molecule has 4 aromatic carbocycles. The molecule has 194 valence electrons. The molecule has 38 heavy (non-hydrogen) atoms. The first-order valence-corrected chi connectivity index (χ1v) is 16.2. The Bertz CT molecular complexity index is 1130. The molecule has 1 atom stereocenters. The normalized spacial score (nSPS) is 12.4. The summed E-state index contributed by atoms with van der Waals surface area (Å²) >= 11 is 0. The molecule has 1 unspecified atom stereocenters. The Morgan fingerprint density at radius 2 is 0.895 bits per heavy atom. The molecule has 0 bridgehead atoms. The van der Waals surface area contributed by atoms with Gasteiger partial charge in [0, 0.05) is 4.90 Å². The lowest BCUT2D eigenvalue weighted by Gasteiger charge is -2.53. The number of benzene rings is 4. The first-order chi connectivity index (χ1) is 18.5. The van der Waals surface area contributed by atoms with E-state index >= 15 is 0 Å². The molecule has 0 N–H and O–H groups in total. The zero-order chi connectivity index (χ0) is 27.0.